The fourth-order valence-corrected chi connectivity index (χ4v) is 1.59. The van der Waals surface area contributed by atoms with Crippen molar-refractivity contribution in [2.45, 2.75) is 33.2 Å². The van der Waals surface area contributed by atoms with Crippen molar-refractivity contribution in [2.24, 2.45) is 0 Å². The molecule has 0 radical (unpaired) electrons. The number of aromatic nitrogens is 1. The molecule has 0 aliphatic rings. The number of pyridine rings is 1. The van der Waals surface area contributed by atoms with E-state index in [-0.39, 0.29) is 0 Å². The third kappa shape index (κ3) is 4.23. The second kappa shape index (κ2) is 6.45. The molecule has 0 amide bonds. The van der Waals surface area contributed by atoms with Gasteiger partial charge in [0, 0.05) is 24.8 Å². The van der Waals surface area contributed by atoms with Gasteiger partial charge in [-0.3, -0.25) is 0 Å². The maximum atomic E-state index is 5.85. The van der Waals surface area contributed by atoms with Gasteiger partial charge >= 0.3 is 0 Å². The summed E-state index contributed by atoms with van der Waals surface area (Å²) < 4.78 is 0. The Morgan fingerprint density at radius 3 is 2.82 bits per heavy atom. The molecule has 0 saturated heterocycles. The molecule has 4 nitrogen and oxygen atoms in total. The van der Waals surface area contributed by atoms with Gasteiger partial charge in [0.15, 0.2) is 0 Å². The van der Waals surface area contributed by atoms with Crippen LogP contribution in [-0.4, -0.2) is 36.1 Å². The zero-order valence-electron chi connectivity index (χ0n) is 11.3. The quantitative estimate of drug-likeness (QED) is 0.794. The Morgan fingerprint density at radius 2 is 2.18 bits per heavy atom. The lowest BCUT2D eigenvalue weighted by molar-refractivity contribution is 0.261. The van der Waals surface area contributed by atoms with Gasteiger partial charge in [0.05, 0.1) is 5.69 Å². The van der Waals surface area contributed by atoms with Gasteiger partial charge < -0.3 is 16.0 Å². The number of rotatable bonds is 6. The van der Waals surface area contributed by atoms with Crippen LogP contribution in [0.1, 0.15) is 26.0 Å². The maximum absolute atomic E-state index is 5.85. The topological polar surface area (TPSA) is 54.2 Å². The molecular formula is C13H24N4. The molecule has 3 N–H and O–H groups in total. The highest BCUT2D eigenvalue weighted by molar-refractivity contribution is 5.61. The highest BCUT2D eigenvalue weighted by atomic mass is 15.1. The Kier molecular flexibility index (Phi) is 5.22. The number of aryl methyl sites for hydroxylation is 1. The van der Waals surface area contributed by atoms with E-state index in [0.717, 1.165) is 24.6 Å². The molecule has 0 fully saturated rings. The Labute approximate surface area is 104 Å². The molecule has 1 rings (SSSR count). The second-order valence-corrected chi connectivity index (χ2v) is 4.56. The summed E-state index contributed by atoms with van der Waals surface area (Å²) >= 11 is 0. The van der Waals surface area contributed by atoms with Gasteiger partial charge in [0.1, 0.15) is 5.82 Å². The first kappa shape index (κ1) is 13.8. The first-order chi connectivity index (χ1) is 8.04. The van der Waals surface area contributed by atoms with Gasteiger partial charge in [-0.2, -0.15) is 0 Å². The summed E-state index contributed by atoms with van der Waals surface area (Å²) in [7, 11) is 2.14. The van der Waals surface area contributed by atoms with Crippen molar-refractivity contribution in [3.05, 3.63) is 17.8 Å². The summed E-state index contributed by atoms with van der Waals surface area (Å²) in [6, 6.07) is 4.43. The molecule has 1 unspecified atom stereocenters. The normalized spacial score (nSPS) is 12.8. The van der Waals surface area contributed by atoms with Gasteiger partial charge in [-0.1, -0.05) is 6.92 Å². The summed E-state index contributed by atoms with van der Waals surface area (Å²) in [4.78, 5) is 6.71. The van der Waals surface area contributed by atoms with E-state index in [0.29, 0.717) is 11.7 Å². The van der Waals surface area contributed by atoms with Crippen LogP contribution in [0.15, 0.2) is 12.1 Å². The fourth-order valence-electron chi connectivity index (χ4n) is 1.59. The predicted molar refractivity (Wildman–Crippen MR) is 74.3 cm³/mol. The number of likely N-dealkylation sites (N-methyl/N-ethyl adjacent to an activating group) is 1. The Balaban J connectivity index is 2.43. The zero-order chi connectivity index (χ0) is 12.8. The Bertz CT molecular complexity index is 351. The van der Waals surface area contributed by atoms with E-state index in [1.807, 2.05) is 19.1 Å². The zero-order valence-corrected chi connectivity index (χ0v) is 11.3. The highest BCUT2D eigenvalue weighted by Crippen LogP contribution is 2.14. The minimum atomic E-state index is 0.611. The Morgan fingerprint density at radius 1 is 1.47 bits per heavy atom. The van der Waals surface area contributed by atoms with E-state index < -0.39 is 0 Å². The summed E-state index contributed by atoms with van der Waals surface area (Å²) in [6.07, 6.45) is 1.17. The van der Waals surface area contributed by atoms with Crippen molar-refractivity contribution in [3.63, 3.8) is 0 Å². The van der Waals surface area contributed by atoms with Crippen molar-refractivity contribution < 1.29 is 0 Å². The van der Waals surface area contributed by atoms with Gasteiger partial charge in [-0.15, -0.1) is 0 Å². The van der Waals surface area contributed by atoms with Crippen LogP contribution in [0.5, 0.6) is 0 Å². The minimum Gasteiger partial charge on any atom is -0.396 e. The number of hydrogen-bond donors (Lipinski definition) is 2. The van der Waals surface area contributed by atoms with E-state index in [1.165, 1.54) is 6.42 Å². The van der Waals surface area contributed by atoms with Crippen molar-refractivity contribution in [1.29, 1.82) is 0 Å². The first-order valence-corrected chi connectivity index (χ1v) is 6.21. The standard InChI is InChI=1S/C13H24N4/c1-5-11(3)17(4)9-8-15-13-12(14)7-6-10(2)16-13/h6-7,11H,5,8-9,14H2,1-4H3,(H,15,16). The lowest BCUT2D eigenvalue weighted by atomic mass is 10.2. The minimum absolute atomic E-state index is 0.611. The van der Waals surface area contributed by atoms with Crippen molar-refractivity contribution in [1.82, 2.24) is 9.88 Å². The summed E-state index contributed by atoms with van der Waals surface area (Å²) in [6.45, 7) is 8.26. The molecule has 1 aromatic rings. The number of hydrogen-bond acceptors (Lipinski definition) is 4. The summed E-state index contributed by atoms with van der Waals surface area (Å²) in [5.41, 5.74) is 7.55. The van der Waals surface area contributed by atoms with Crippen LogP contribution in [0.3, 0.4) is 0 Å². The van der Waals surface area contributed by atoms with Gasteiger partial charge in [-0.25, -0.2) is 4.98 Å². The van der Waals surface area contributed by atoms with E-state index in [1.54, 1.807) is 0 Å². The average Bonchev–Trinajstić information content (AvgIpc) is 2.32. The Hall–Kier alpha value is -1.29. The smallest absolute Gasteiger partial charge is 0.149 e. The van der Waals surface area contributed by atoms with Crippen LogP contribution in [0, 0.1) is 6.92 Å². The fraction of sp³-hybridized carbons (Fsp3) is 0.615. The number of anilines is 2. The molecule has 1 heterocycles. The molecule has 96 valence electrons. The first-order valence-electron chi connectivity index (χ1n) is 6.21. The molecule has 0 spiro atoms. The molecule has 0 saturated carbocycles. The van der Waals surface area contributed by atoms with Crippen LogP contribution in [0.25, 0.3) is 0 Å². The second-order valence-electron chi connectivity index (χ2n) is 4.56. The molecule has 0 aliphatic carbocycles. The predicted octanol–water partition coefficient (Wildman–Crippen LogP) is 2.11. The van der Waals surface area contributed by atoms with Crippen LogP contribution in [-0.2, 0) is 0 Å². The lowest BCUT2D eigenvalue weighted by Gasteiger charge is -2.23. The van der Waals surface area contributed by atoms with Gasteiger partial charge in [0.25, 0.3) is 0 Å². The van der Waals surface area contributed by atoms with E-state index in [9.17, 15) is 0 Å². The molecule has 1 atom stereocenters. The average molecular weight is 236 g/mol. The number of nitrogen functional groups attached to an aromatic ring is 1. The molecular weight excluding hydrogens is 212 g/mol. The molecule has 1 aromatic heterocycles. The van der Waals surface area contributed by atoms with Crippen molar-refractivity contribution in [2.75, 3.05) is 31.2 Å². The van der Waals surface area contributed by atoms with Gasteiger partial charge in [-0.05, 0) is 39.4 Å². The lowest BCUT2D eigenvalue weighted by Crippen LogP contribution is -2.32. The molecule has 17 heavy (non-hydrogen) atoms. The van der Waals surface area contributed by atoms with Crippen LogP contribution < -0.4 is 11.1 Å². The maximum Gasteiger partial charge on any atom is 0.149 e. The largest absolute Gasteiger partial charge is 0.396 e. The van der Waals surface area contributed by atoms with Crippen LogP contribution >= 0.6 is 0 Å². The molecule has 0 bridgehead atoms. The van der Waals surface area contributed by atoms with Crippen molar-refractivity contribution in [3.8, 4) is 0 Å². The van der Waals surface area contributed by atoms with E-state index in [4.69, 9.17) is 5.73 Å². The number of nitrogens with zero attached hydrogens (tertiary/aromatic N) is 2. The third-order valence-corrected chi connectivity index (χ3v) is 3.17. The van der Waals surface area contributed by atoms with Crippen molar-refractivity contribution >= 4 is 11.5 Å². The van der Waals surface area contributed by atoms with E-state index >= 15 is 0 Å². The summed E-state index contributed by atoms with van der Waals surface area (Å²) in [5.74, 6) is 0.794. The SMILES string of the molecule is CCC(C)N(C)CCNc1nc(C)ccc1N. The number of nitrogens with two attached hydrogens (primary N) is 1. The summed E-state index contributed by atoms with van der Waals surface area (Å²) in [5, 5.41) is 3.29. The molecule has 0 aliphatic heterocycles. The number of nitrogens with one attached hydrogen (secondary N) is 1. The van der Waals surface area contributed by atoms with Crippen LogP contribution in [0.2, 0.25) is 0 Å². The monoisotopic (exact) mass is 236 g/mol. The van der Waals surface area contributed by atoms with E-state index in [2.05, 4.69) is 36.1 Å². The third-order valence-electron chi connectivity index (χ3n) is 3.17. The van der Waals surface area contributed by atoms with Gasteiger partial charge in [0.2, 0.25) is 0 Å². The molecule has 4 heteroatoms. The van der Waals surface area contributed by atoms with Crippen LogP contribution in [0.4, 0.5) is 11.5 Å². The highest BCUT2D eigenvalue weighted by Gasteiger charge is 2.06. The molecule has 0 aromatic carbocycles.